The van der Waals surface area contributed by atoms with Crippen LogP contribution in [0.4, 0.5) is 0 Å². The Bertz CT molecular complexity index is 1190. The van der Waals surface area contributed by atoms with Gasteiger partial charge in [-0.3, -0.25) is 0 Å². The number of hydrogen-bond donors (Lipinski definition) is 0. The van der Waals surface area contributed by atoms with Crippen LogP contribution in [0.2, 0.25) is 0 Å². The molecule has 5 nitrogen and oxygen atoms in total. The van der Waals surface area contributed by atoms with Crippen molar-refractivity contribution in [2.24, 2.45) is 0 Å². The monoisotopic (exact) mass is 501 g/mol. The van der Waals surface area contributed by atoms with Gasteiger partial charge in [-0.2, -0.15) is 4.31 Å². The lowest BCUT2D eigenvalue weighted by Gasteiger charge is -2.37. The second-order valence-corrected chi connectivity index (χ2v) is 10.3. The average molecular weight is 502 g/mol. The van der Waals surface area contributed by atoms with Gasteiger partial charge < -0.3 is 9.47 Å². The zero-order chi connectivity index (χ0) is 22.2. The topological polar surface area (TPSA) is 55.8 Å². The summed E-state index contributed by atoms with van der Waals surface area (Å²) >= 11 is 3.47. The molecule has 0 radical (unpaired) electrons. The minimum atomic E-state index is -3.71. The molecule has 3 aromatic carbocycles. The van der Waals surface area contributed by atoms with E-state index in [0.29, 0.717) is 29.4 Å². The summed E-state index contributed by atoms with van der Waals surface area (Å²) in [6, 6.07) is 18.2. The standard InChI is InChI=1S/C24H24BrNO4S/c1-16-4-10-20(11-5-16)31(27,28)26-13-12-18-14-22(29-2)23(30-3)15-21(18)24(26)17-6-8-19(25)9-7-17/h4-11,14-15,24H,12-13H2,1-3H3. The van der Waals surface area contributed by atoms with Gasteiger partial charge in [0.05, 0.1) is 25.2 Å². The predicted molar refractivity (Wildman–Crippen MR) is 124 cm³/mol. The Morgan fingerprint density at radius 1 is 0.935 bits per heavy atom. The second kappa shape index (κ2) is 8.65. The third kappa shape index (κ3) is 4.10. The summed E-state index contributed by atoms with van der Waals surface area (Å²) in [6.45, 7) is 2.32. The molecule has 0 N–H and O–H groups in total. The summed E-state index contributed by atoms with van der Waals surface area (Å²) in [5.41, 5.74) is 3.87. The highest BCUT2D eigenvalue weighted by Crippen LogP contribution is 2.43. The van der Waals surface area contributed by atoms with Crippen LogP contribution >= 0.6 is 15.9 Å². The maximum absolute atomic E-state index is 13.7. The Morgan fingerprint density at radius 2 is 1.55 bits per heavy atom. The van der Waals surface area contributed by atoms with Crippen molar-refractivity contribution in [1.29, 1.82) is 0 Å². The first kappa shape index (κ1) is 21.9. The van der Waals surface area contributed by atoms with Crippen LogP contribution in [0.1, 0.15) is 28.3 Å². The number of nitrogens with zero attached hydrogens (tertiary/aromatic N) is 1. The number of fused-ring (bicyclic) bond motifs is 1. The minimum Gasteiger partial charge on any atom is -0.493 e. The molecular weight excluding hydrogens is 478 g/mol. The molecule has 0 spiro atoms. The van der Waals surface area contributed by atoms with Crippen molar-refractivity contribution in [2.45, 2.75) is 24.3 Å². The quantitative estimate of drug-likeness (QED) is 0.487. The fourth-order valence-corrected chi connectivity index (χ4v) is 5.88. The van der Waals surface area contributed by atoms with Gasteiger partial charge in [0.15, 0.2) is 11.5 Å². The zero-order valence-electron chi connectivity index (χ0n) is 17.6. The molecule has 1 atom stereocenters. The van der Waals surface area contributed by atoms with Crippen LogP contribution in [-0.4, -0.2) is 33.5 Å². The molecule has 1 heterocycles. The maximum atomic E-state index is 13.7. The van der Waals surface area contributed by atoms with Crippen LogP contribution < -0.4 is 9.47 Å². The van der Waals surface area contributed by atoms with Gasteiger partial charge in [0.1, 0.15) is 0 Å². The summed E-state index contributed by atoms with van der Waals surface area (Å²) in [5, 5.41) is 0. The molecule has 0 saturated carbocycles. The van der Waals surface area contributed by atoms with Crippen molar-refractivity contribution in [3.8, 4) is 11.5 Å². The van der Waals surface area contributed by atoms with Gasteiger partial charge in [0.25, 0.3) is 0 Å². The largest absolute Gasteiger partial charge is 0.493 e. The Morgan fingerprint density at radius 3 is 2.16 bits per heavy atom. The number of ether oxygens (including phenoxy) is 2. The fourth-order valence-electron chi connectivity index (χ4n) is 4.02. The van der Waals surface area contributed by atoms with Gasteiger partial charge in [-0.1, -0.05) is 45.8 Å². The van der Waals surface area contributed by atoms with E-state index in [1.165, 1.54) is 0 Å². The van der Waals surface area contributed by atoms with Crippen molar-refractivity contribution in [2.75, 3.05) is 20.8 Å². The van der Waals surface area contributed by atoms with Crippen LogP contribution in [0.3, 0.4) is 0 Å². The van der Waals surface area contributed by atoms with Crippen LogP contribution in [0.5, 0.6) is 11.5 Å². The number of hydrogen-bond acceptors (Lipinski definition) is 4. The number of halogens is 1. The van der Waals surface area contributed by atoms with Crippen molar-refractivity contribution >= 4 is 26.0 Å². The minimum absolute atomic E-state index is 0.295. The molecule has 1 unspecified atom stereocenters. The van der Waals surface area contributed by atoms with Crippen LogP contribution in [0.15, 0.2) is 70.0 Å². The molecule has 0 bridgehead atoms. The van der Waals surface area contributed by atoms with Crippen molar-refractivity contribution in [3.63, 3.8) is 0 Å². The van der Waals surface area contributed by atoms with E-state index in [0.717, 1.165) is 26.7 Å². The summed E-state index contributed by atoms with van der Waals surface area (Å²) in [7, 11) is -0.524. The molecule has 31 heavy (non-hydrogen) atoms. The predicted octanol–water partition coefficient (Wildman–Crippen LogP) is 5.11. The van der Waals surface area contributed by atoms with Crippen molar-refractivity contribution < 1.29 is 17.9 Å². The number of rotatable bonds is 5. The molecule has 7 heteroatoms. The third-order valence-corrected chi connectivity index (χ3v) is 8.05. The van der Waals surface area contributed by atoms with E-state index in [4.69, 9.17) is 9.47 Å². The van der Waals surface area contributed by atoms with Crippen LogP contribution in [0, 0.1) is 6.92 Å². The summed E-state index contributed by atoms with van der Waals surface area (Å²) in [4.78, 5) is 0.295. The Balaban J connectivity index is 1.90. The highest BCUT2D eigenvalue weighted by atomic mass is 79.9. The summed E-state index contributed by atoms with van der Waals surface area (Å²) < 4.78 is 40.9. The van der Waals surface area contributed by atoms with E-state index >= 15 is 0 Å². The molecule has 3 aromatic rings. The normalized spacial score (nSPS) is 16.6. The van der Waals surface area contributed by atoms with E-state index in [-0.39, 0.29) is 0 Å². The SMILES string of the molecule is COc1cc2c(cc1OC)C(c1ccc(Br)cc1)N(S(=O)(=O)c1ccc(C)cc1)CC2. The van der Waals surface area contributed by atoms with Crippen molar-refractivity contribution in [3.05, 3.63) is 87.4 Å². The van der Waals surface area contributed by atoms with E-state index in [1.807, 2.05) is 55.5 Å². The van der Waals surface area contributed by atoms with Gasteiger partial charge in [-0.05, 0) is 66.4 Å². The number of methoxy groups -OCH3 is 2. The van der Waals surface area contributed by atoms with Crippen molar-refractivity contribution in [1.82, 2.24) is 4.31 Å². The Kier molecular flexibility index (Phi) is 6.10. The van der Waals surface area contributed by atoms with Gasteiger partial charge in [0.2, 0.25) is 10.0 Å². The fraction of sp³-hybridized carbons (Fsp3) is 0.250. The van der Waals surface area contributed by atoms with Gasteiger partial charge >= 0.3 is 0 Å². The number of aryl methyl sites for hydroxylation is 1. The van der Waals surface area contributed by atoms with E-state index in [1.54, 1.807) is 30.7 Å². The van der Waals surface area contributed by atoms with Gasteiger partial charge in [-0.25, -0.2) is 8.42 Å². The Hall–Kier alpha value is -2.35. The lowest BCUT2D eigenvalue weighted by molar-refractivity contribution is 0.332. The molecule has 0 amide bonds. The Labute approximate surface area is 191 Å². The van der Waals surface area contributed by atoms with E-state index < -0.39 is 16.1 Å². The maximum Gasteiger partial charge on any atom is 0.243 e. The van der Waals surface area contributed by atoms with E-state index in [9.17, 15) is 8.42 Å². The third-order valence-electron chi connectivity index (χ3n) is 5.64. The molecular formula is C24H24BrNO4S. The molecule has 0 aliphatic carbocycles. The summed E-state index contributed by atoms with van der Waals surface area (Å²) in [6.07, 6.45) is 0.591. The lowest BCUT2D eigenvalue weighted by atomic mass is 9.89. The van der Waals surface area contributed by atoms with Crippen LogP contribution in [-0.2, 0) is 16.4 Å². The number of sulfonamides is 1. The first-order valence-electron chi connectivity index (χ1n) is 9.94. The average Bonchev–Trinajstić information content (AvgIpc) is 2.78. The van der Waals surface area contributed by atoms with Crippen LogP contribution in [0.25, 0.3) is 0 Å². The second-order valence-electron chi connectivity index (χ2n) is 7.54. The zero-order valence-corrected chi connectivity index (χ0v) is 20.0. The highest BCUT2D eigenvalue weighted by Gasteiger charge is 2.38. The molecule has 1 aliphatic heterocycles. The van der Waals surface area contributed by atoms with Gasteiger partial charge in [0, 0.05) is 11.0 Å². The molecule has 0 fully saturated rings. The summed E-state index contributed by atoms with van der Waals surface area (Å²) in [5.74, 6) is 1.23. The molecule has 4 rings (SSSR count). The molecule has 0 saturated heterocycles. The smallest absolute Gasteiger partial charge is 0.243 e. The lowest BCUT2D eigenvalue weighted by Crippen LogP contribution is -2.40. The molecule has 162 valence electrons. The van der Waals surface area contributed by atoms with Gasteiger partial charge in [-0.15, -0.1) is 0 Å². The van der Waals surface area contributed by atoms with E-state index in [2.05, 4.69) is 15.9 Å². The highest BCUT2D eigenvalue weighted by molar-refractivity contribution is 9.10. The first-order valence-corrected chi connectivity index (χ1v) is 12.2. The molecule has 0 aromatic heterocycles. The number of benzene rings is 3. The molecule has 1 aliphatic rings. The first-order chi connectivity index (χ1) is 14.8.